The molecule has 2 rings (SSSR count). The number of rotatable bonds is 1. The largest absolute Gasteiger partial charge is 0.439 e. The van der Waals surface area contributed by atoms with Crippen molar-refractivity contribution >= 4 is 16.9 Å². The highest BCUT2D eigenvalue weighted by molar-refractivity contribution is 5.90. The summed E-state index contributed by atoms with van der Waals surface area (Å²) in [4.78, 5) is 4.26. The molecule has 0 unspecified atom stereocenters. The first-order valence-corrected chi connectivity index (χ1v) is 4.72. The van der Waals surface area contributed by atoms with E-state index >= 15 is 0 Å². The standard InChI is InChI=1S/C11H11N3O/c1-6(2)10-9-7(5-12)11(13)15-8(9)3-4-14-10/h3-4,6H,13H2,1-2H3. The molecule has 2 N–H and O–H groups in total. The molecular formula is C11H11N3O. The van der Waals surface area contributed by atoms with E-state index in [-0.39, 0.29) is 11.8 Å². The van der Waals surface area contributed by atoms with Crippen molar-refractivity contribution in [2.24, 2.45) is 0 Å². The summed E-state index contributed by atoms with van der Waals surface area (Å²) in [6.07, 6.45) is 1.67. The van der Waals surface area contributed by atoms with Crippen LogP contribution in [0.15, 0.2) is 16.7 Å². The fourth-order valence-electron chi connectivity index (χ4n) is 1.64. The summed E-state index contributed by atoms with van der Waals surface area (Å²) in [7, 11) is 0. The average molecular weight is 201 g/mol. The van der Waals surface area contributed by atoms with Gasteiger partial charge in [0, 0.05) is 6.20 Å². The van der Waals surface area contributed by atoms with E-state index in [1.165, 1.54) is 0 Å². The number of nitrogen functional groups attached to an aromatic ring is 1. The van der Waals surface area contributed by atoms with Crippen LogP contribution in [0.4, 0.5) is 5.88 Å². The lowest BCUT2D eigenvalue weighted by Crippen LogP contribution is -1.94. The molecule has 0 aliphatic rings. The predicted molar refractivity (Wildman–Crippen MR) is 57.2 cm³/mol. The van der Waals surface area contributed by atoms with E-state index in [2.05, 4.69) is 11.1 Å². The number of nitrogens with zero attached hydrogens (tertiary/aromatic N) is 2. The number of hydrogen-bond donors (Lipinski definition) is 1. The van der Waals surface area contributed by atoms with Gasteiger partial charge in [0.25, 0.3) is 0 Å². The normalized spacial score (nSPS) is 10.8. The molecule has 0 bridgehead atoms. The van der Waals surface area contributed by atoms with Crippen LogP contribution in [-0.2, 0) is 0 Å². The van der Waals surface area contributed by atoms with Gasteiger partial charge in [0.1, 0.15) is 17.2 Å². The first-order chi connectivity index (χ1) is 7.15. The third-order valence-corrected chi connectivity index (χ3v) is 2.32. The van der Waals surface area contributed by atoms with E-state index in [0.717, 1.165) is 11.1 Å². The van der Waals surface area contributed by atoms with Gasteiger partial charge in [-0.3, -0.25) is 4.98 Å². The third kappa shape index (κ3) is 1.33. The van der Waals surface area contributed by atoms with Gasteiger partial charge in [-0.25, -0.2) is 0 Å². The van der Waals surface area contributed by atoms with Crippen molar-refractivity contribution in [2.45, 2.75) is 19.8 Å². The molecule has 2 aromatic rings. The van der Waals surface area contributed by atoms with Crippen LogP contribution in [0, 0.1) is 11.3 Å². The molecule has 2 heterocycles. The summed E-state index contributed by atoms with van der Waals surface area (Å²) >= 11 is 0. The van der Waals surface area contributed by atoms with Crippen LogP contribution < -0.4 is 5.73 Å². The second-order valence-electron chi connectivity index (χ2n) is 3.68. The maximum absolute atomic E-state index is 8.99. The lowest BCUT2D eigenvalue weighted by Gasteiger charge is -2.04. The minimum absolute atomic E-state index is 0.169. The summed E-state index contributed by atoms with van der Waals surface area (Å²) in [5, 5.41) is 9.74. The van der Waals surface area contributed by atoms with Crippen molar-refractivity contribution in [3.63, 3.8) is 0 Å². The molecule has 4 nitrogen and oxygen atoms in total. The van der Waals surface area contributed by atoms with Gasteiger partial charge in [-0.2, -0.15) is 5.26 Å². The van der Waals surface area contributed by atoms with Crippen molar-refractivity contribution in [1.82, 2.24) is 4.98 Å². The molecule has 0 aromatic carbocycles. The van der Waals surface area contributed by atoms with Crippen LogP contribution >= 0.6 is 0 Å². The minimum Gasteiger partial charge on any atom is -0.439 e. The summed E-state index contributed by atoms with van der Waals surface area (Å²) < 4.78 is 5.30. The van der Waals surface area contributed by atoms with Crippen LogP contribution in [-0.4, -0.2) is 4.98 Å². The van der Waals surface area contributed by atoms with Crippen molar-refractivity contribution in [1.29, 1.82) is 5.26 Å². The Morgan fingerprint density at radius 1 is 1.53 bits per heavy atom. The molecule has 0 radical (unpaired) electrons. The Morgan fingerprint density at radius 3 is 2.87 bits per heavy atom. The second-order valence-corrected chi connectivity index (χ2v) is 3.68. The maximum atomic E-state index is 8.99. The third-order valence-electron chi connectivity index (χ3n) is 2.32. The van der Waals surface area contributed by atoms with Gasteiger partial charge < -0.3 is 10.2 Å². The van der Waals surface area contributed by atoms with E-state index in [1.807, 2.05) is 13.8 Å². The van der Waals surface area contributed by atoms with Crippen LogP contribution in [0.1, 0.15) is 31.0 Å². The van der Waals surface area contributed by atoms with Gasteiger partial charge in [0.2, 0.25) is 5.88 Å². The quantitative estimate of drug-likeness (QED) is 0.768. The van der Waals surface area contributed by atoms with E-state index in [0.29, 0.717) is 11.1 Å². The number of hydrogen-bond acceptors (Lipinski definition) is 4. The Balaban J connectivity index is 2.89. The number of aromatic nitrogens is 1. The van der Waals surface area contributed by atoms with Crippen molar-refractivity contribution in [3.8, 4) is 6.07 Å². The molecule has 2 aromatic heterocycles. The predicted octanol–water partition coefficient (Wildman–Crippen LogP) is 2.41. The Kier molecular flexibility index (Phi) is 2.09. The highest BCUT2D eigenvalue weighted by Crippen LogP contribution is 2.31. The Morgan fingerprint density at radius 2 is 2.27 bits per heavy atom. The van der Waals surface area contributed by atoms with Gasteiger partial charge in [0.15, 0.2) is 0 Å². The lowest BCUT2D eigenvalue weighted by atomic mass is 10.0. The van der Waals surface area contributed by atoms with Gasteiger partial charge in [0.05, 0.1) is 11.1 Å². The molecule has 0 spiro atoms. The number of pyridine rings is 1. The lowest BCUT2D eigenvalue weighted by molar-refractivity contribution is 0.635. The molecule has 4 heteroatoms. The Labute approximate surface area is 87.3 Å². The monoisotopic (exact) mass is 201 g/mol. The molecule has 0 fully saturated rings. The van der Waals surface area contributed by atoms with Crippen molar-refractivity contribution < 1.29 is 4.42 Å². The van der Waals surface area contributed by atoms with Crippen molar-refractivity contribution in [2.75, 3.05) is 5.73 Å². The highest BCUT2D eigenvalue weighted by Gasteiger charge is 2.17. The van der Waals surface area contributed by atoms with Gasteiger partial charge >= 0.3 is 0 Å². The molecule has 0 aliphatic carbocycles. The zero-order valence-electron chi connectivity index (χ0n) is 8.61. The van der Waals surface area contributed by atoms with Gasteiger partial charge in [-0.1, -0.05) is 13.8 Å². The topological polar surface area (TPSA) is 75.8 Å². The van der Waals surface area contributed by atoms with E-state index in [1.54, 1.807) is 12.3 Å². The summed E-state index contributed by atoms with van der Waals surface area (Å²) in [6.45, 7) is 4.04. The van der Waals surface area contributed by atoms with Crippen LogP contribution in [0.2, 0.25) is 0 Å². The first-order valence-electron chi connectivity index (χ1n) is 4.72. The maximum Gasteiger partial charge on any atom is 0.209 e. The molecule has 0 aliphatic heterocycles. The van der Waals surface area contributed by atoms with E-state index < -0.39 is 0 Å². The molecule has 0 saturated heterocycles. The van der Waals surface area contributed by atoms with Gasteiger partial charge in [-0.15, -0.1) is 0 Å². The van der Waals surface area contributed by atoms with E-state index in [9.17, 15) is 0 Å². The minimum atomic E-state index is 0.169. The second kappa shape index (κ2) is 3.28. The molecule has 0 atom stereocenters. The molecule has 76 valence electrons. The molecular weight excluding hydrogens is 190 g/mol. The number of anilines is 1. The molecule has 15 heavy (non-hydrogen) atoms. The van der Waals surface area contributed by atoms with Crippen LogP contribution in [0.25, 0.3) is 11.0 Å². The summed E-state index contributed by atoms with van der Waals surface area (Å²) in [6, 6.07) is 3.78. The van der Waals surface area contributed by atoms with Crippen LogP contribution in [0.5, 0.6) is 0 Å². The smallest absolute Gasteiger partial charge is 0.209 e. The summed E-state index contributed by atoms with van der Waals surface area (Å²) in [5.41, 5.74) is 7.49. The SMILES string of the molecule is CC(C)c1nccc2oc(N)c(C#N)c12. The van der Waals surface area contributed by atoms with Gasteiger partial charge in [-0.05, 0) is 12.0 Å². The molecule has 0 amide bonds. The molecule has 0 saturated carbocycles. The number of fused-ring (bicyclic) bond motifs is 1. The Hall–Kier alpha value is -2.02. The number of nitrogens with two attached hydrogens (primary N) is 1. The van der Waals surface area contributed by atoms with Crippen LogP contribution in [0.3, 0.4) is 0 Å². The zero-order valence-corrected chi connectivity index (χ0v) is 8.61. The fraction of sp³-hybridized carbons (Fsp3) is 0.273. The van der Waals surface area contributed by atoms with Crippen molar-refractivity contribution in [3.05, 3.63) is 23.5 Å². The highest BCUT2D eigenvalue weighted by atomic mass is 16.3. The summed E-state index contributed by atoms with van der Waals surface area (Å²) in [5.74, 6) is 0.403. The van der Waals surface area contributed by atoms with E-state index in [4.69, 9.17) is 15.4 Å². The zero-order chi connectivity index (χ0) is 11.0. The average Bonchev–Trinajstić information content (AvgIpc) is 2.52. The Bertz CT molecular complexity index is 549. The number of nitriles is 1. The number of furan rings is 1. The first kappa shape index (κ1) is 9.53. The fourth-order valence-corrected chi connectivity index (χ4v) is 1.64.